The molecule has 158 valence electrons. The molecule has 0 saturated heterocycles. The van der Waals surface area contributed by atoms with Crippen molar-refractivity contribution in [2.24, 2.45) is 23.2 Å². The molecule has 0 spiro atoms. The third kappa shape index (κ3) is 4.49. The van der Waals surface area contributed by atoms with E-state index in [2.05, 4.69) is 10.6 Å². The molecular weight excluding hydrogens is 388 g/mol. The molecule has 1 heterocycles. The Labute approximate surface area is 175 Å². The molecule has 4 aliphatic carbocycles. The summed E-state index contributed by atoms with van der Waals surface area (Å²) in [4.78, 5) is 38.0. The molecule has 1 aromatic heterocycles. The lowest BCUT2D eigenvalue weighted by Crippen LogP contribution is -2.53. The lowest BCUT2D eigenvalue weighted by Gasteiger charge is -2.55. The van der Waals surface area contributed by atoms with Gasteiger partial charge in [-0.1, -0.05) is 6.07 Å². The molecular formula is C22H30N2O4S. The SMILES string of the molecule is COC(=O)CC(NC(=O)CCNC(=O)C12CC3CC(CC(C3)C1)C2)c1cccs1. The second-order valence-electron chi connectivity index (χ2n) is 9.12. The topological polar surface area (TPSA) is 84.5 Å². The largest absolute Gasteiger partial charge is 0.469 e. The zero-order chi connectivity index (χ0) is 20.4. The van der Waals surface area contributed by atoms with Crippen LogP contribution in [0.4, 0.5) is 0 Å². The molecule has 1 aromatic rings. The molecule has 2 amide bonds. The van der Waals surface area contributed by atoms with Crippen LogP contribution < -0.4 is 10.6 Å². The summed E-state index contributed by atoms with van der Waals surface area (Å²) in [7, 11) is 1.34. The number of ether oxygens (including phenoxy) is 1. The van der Waals surface area contributed by atoms with E-state index in [1.165, 1.54) is 37.7 Å². The number of hydrogen-bond donors (Lipinski definition) is 2. The summed E-state index contributed by atoms with van der Waals surface area (Å²) in [6.07, 6.45) is 7.30. The molecule has 6 nitrogen and oxygen atoms in total. The lowest BCUT2D eigenvalue weighted by atomic mass is 9.49. The first kappa shape index (κ1) is 20.4. The molecule has 0 radical (unpaired) electrons. The van der Waals surface area contributed by atoms with E-state index in [4.69, 9.17) is 4.74 Å². The van der Waals surface area contributed by atoms with E-state index in [9.17, 15) is 14.4 Å². The third-order valence-corrected chi connectivity index (χ3v) is 7.96. The van der Waals surface area contributed by atoms with Crippen LogP contribution in [0.25, 0.3) is 0 Å². The first-order valence-electron chi connectivity index (χ1n) is 10.7. The number of esters is 1. The maximum absolute atomic E-state index is 13.0. The Kier molecular flexibility index (Phi) is 5.95. The number of nitrogens with one attached hydrogen (secondary N) is 2. The molecule has 0 aromatic carbocycles. The Bertz CT molecular complexity index is 726. The molecule has 4 fully saturated rings. The van der Waals surface area contributed by atoms with Gasteiger partial charge in [-0.25, -0.2) is 0 Å². The maximum atomic E-state index is 13.0. The molecule has 4 bridgehead atoms. The molecule has 2 N–H and O–H groups in total. The summed E-state index contributed by atoms with van der Waals surface area (Å²) < 4.78 is 4.75. The summed E-state index contributed by atoms with van der Waals surface area (Å²) in [5, 5.41) is 7.87. The van der Waals surface area contributed by atoms with Gasteiger partial charge in [-0.15, -0.1) is 11.3 Å². The van der Waals surface area contributed by atoms with Gasteiger partial charge >= 0.3 is 5.97 Å². The van der Waals surface area contributed by atoms with Crippen molar-refractivity contribution in [3.63, 3.8) is 0 Å². The lowest BCUT2D eigenvalue weighted by molar-refractivity contribution is -0.146. The molecule has 29 heavy (non-hydrogen) atoms. The third-order valence-electron chi connectivity index (χ3n) is 6.98. The zero-order valence-corrected chi connectivity index (χ0v) is 17.8. The van der Waals surface area contributed by atoms with Crippen molar-refractivity contribution in [2.75, 3.05) is 13.7 Å². The maximum Gasteiger partial charge on any atom is 0.307 e. The molecule has 4 aliphatic rings. The number of methoxy groups -OCH3 is 1. The van der Waals surface area contributed by atoms with Gasteiger partial charge < -0.3 is 15.4 Å². The van der Waals surface area contributed by atoms with Gasteiger partial charge in [0, 0.05) is 23.3 Å². The van der Waals surface area contributed by atoms with Crippen LogP contribution in [-0.2, 0) is 19.1 Å². The fourth-order valence-electron chi connectivity index (χ4n) is 6.09. The van der Waals surface area contributed by atoms with E-state index in [0.717, 1.165) is 41.9 Å². The normalized spacial score (nSPS) is 30.6. The van der Waals surface area contributed by atoms with Crippen LogP contribution in [0.15, 0.2) is 17.5 Å². The highest BCUT2D eigenvalue weighted by atomic mass is 32.1. The van der Waals surface area contributed by atoms with Crippen LogP contribution in [0.3, 0.4) is 0 Å². The molecule has 4 saturated carbocycles. The average Bonchev–Trinajstić information content (AvgIpc) is 3.21. The Hall–Kier alpha value is -1.89. The monoisotopic (exact) mass is 418 g/mol. The van der Waals surface area contributed by atoms with Gasteiger partial charge in [0.15, 0.2) is 0 Å². The Morgan fingerprint density at radius 2 is 1.83 bits per heavy atom. The van der Waals surface area contributed by atoms with E-state index < -0.39 is 6.04 Å². The van der Waals surface area contributed by atoms with Gasteiger partial charge in [0.1, 0.15) is 0 Å². The Morgan fingerprint density at radius 3 is 2.38 bits per heavy atom. The van der Waals surface area contributed by atoms with Crippen molar-refractivity contribution in [3.8, 4) is 0 Å². The average molecular weight is 419 g/mol. The number of amides is 2. The minimum atomic E-state index is -0.395. The first-order chi connectivity index (χ1) is 14.0. The van der Waals surface area contributed by atoms with Crippen molar-refractivity contribution >= 4 is 29.1 Å². The number of thiophene rings is 1. The number of carbonyl (C=O) groups excluding carboxylic acids is 3. The van der Waals surface area contributed by atoms with Crippen LogP contribution >= 0.6 is 11.3 Å². The van der Waals surface area contributed by atoms with Gasteiger partial charge in [-0.2, -0.15) is 0 Å². The number of carbonyl (C=O) groups is 3. The summed E-state index contributed by atoms with van der Waals surface area (Å²) >= 11 is 1.49. The molecule has 1 unspecified atom stereocenters. The predicted octanol–water partition coefficient (Wildman–Crippen LogP) is 3.19. The minimum Gasteiger partial charge on any atom is -0.469 e. The van der Waals surface area contributed by atoms with Gasteiger partial charge in [-0.05, 0) is 67.7 Å². The zero-order valence-electron chi connectivity index (χ0n) is 16.9. The van der Waals surface area contributed by atoms with E-state index in [-0.39, 0.29) is 36.0 Å². The van der Waals surface area contributed by atoms with Crippen molar-refractivity contribution in [3.05, 3.63) is 22.4 Å². The minimum absolute atomic E-state index is 0.0996. The number of hydrogen-bond acceptors (Lipinski definition) is 5. The number of rotatable bonds is 8. The van der Waals surface area contributed by atoms with Crippen LogP contribution in [0.5, 0.6) is 0 Å². The fraction of sp³-hybridized carbons (Fsp3) is 0.682. The van der Waals surface area contributed by atoms with Gasteiger partial charge in [0.05, 0.1) is 19.6 Å². The smallest absolute Gasteiger partial charge is 0.307 e. The van der Waals surface area contributed by atoms with Crippen molar-refractivity contribution in [2.45, 2.75) is 57.4 Å². The summed E-state index contributed by atoms with van der Waals surface area (Å²) in [5.74, 6) is 1.78. The highest BCUT2D eigenvalue weighted by molar-refractivity contribution is 7.10. The van der Waals surface area contributed by atoms with Gasteiger partial charge in [0.25, 0.3) is 0 Å². The van der Waals surface area contributed by atoms with Gasteiger partial charge in [0.2, 0.25) is 11.8 Å². The molecule has 5 rings (SSSR count). The van der Waals surface area contributed by atoms with Crippen molar-refractivity contribution < 1.29 is 19.1 Å². The van der Waals surface area contributed by atoms with Crippen molar-refractivity contribution in [1.82, 2.24) is 10.6 Å². The summed E-state index contributed by atoms with van der Waals surface area (Å²) in [6, 6.07) is 3.39. The summed E-state index contributed by atoms with van der Waals surface area (Å²) in [5.41, 5.74) is -0.185. The second-order valence-corrected chi connectivity index (χ2v) is 10.1. The van der Waals surface area contributed by atoms with Crippen LogP contribution in [0.1, 0.15) is 62.3 Å². The standard InChI is InChI=1S/C22H30N2O4S/c1-28-20(26)10-17(18-3-2-6-29-18)24-19(25)4-5-23-21(27)22-11-14-7-15(12-22)9-16(8-14)13-22/h2-3,6,14-17H,4-5,7-13H2,1H3,(H,23,27)(H,24,25). The molecule has 1 atom stereocenters. The Morgan fingerprint density at radius 1 is 1.17 bits per heavy atom. The van der Waals surface area contributed by atoms with Crippen LogP contribution in [-0.4, -0.2) is 31.4 Å². The van der Waals surface area contributed by atoms with E-state index in [1.807, 2.05) is 17.5 Å². The summed E-state index contributed by atoms with van der Waals surface area (Å²) in [6.45, 7) is 0.335. The fourth-order valence-corrected chi connectivity index (χ4v) is 6.87. The van der Waals surface area contributed by atoms with Crippen LogP contribution in [0, 0.1) is 23.2 Å². The van der Waals surface area contributed by atoms with Crippen molar-refractivity contribution in [1.29, 1.82) is 0 Å². The Balaban J connectivity index is 1.27. The molecule has 0 aliphatic heterocycles. The van der Waals surface area contributed by atoms with E-state index in [0.29, 0.717) is 6.54 Å². The van der Waals surface area contributed by atoms with E-state index in [1.54, 1.807) is 0 Å². The van der Waals surface area contributed by atoms with Crippen LogP contribution in [0.2, 0.25) is 0 Å². The van der Waals surface area contributed by atoms with E-state index >= 15 is 0 Å². The highest BCUT2D eigenvalue weighted by Crippen LogP contribution is 2.60. The second kappa shape index (κ2) is 8.46. The van der Waals surface area contributed by atoms with Gasteiger partial charge in [-0.3, -0.25) is 14.4 Å². The first-order valence-corrected chi connectivity index (χ1v) is 11.5. The quantitative estimate of drug-likeness (QED) is 0.635. The predicted molar refractivity (Wildman–Crippen MR) is 110 cm³/mol. The highest BCUT2D eigenvalue weighted by Gasteiger charge is 2.54. The molecule has 7 heteroatoms.